The van der Waals surface area contributed by atoms with E-state index in [0.717, 1.165) is 11.2 Å². The lowest BCUT2D eigenvalue weighted by molar-refractivity contribution is -0.121. The van der Waals surface area contributed by atoms with Gasteiger partial charge >= 0.3 is 0 Å². The summed E-state index contributed by atoms with van der Waals surface area (Å²) in [5, 5.41) is 14.7. The van der Waals surface area contributed by atoms with Gasteiger partial charge < -0.3 is 10.1 Å². The van der Waals surface area contributed by atoms with Gasteiger partial charge in [0.2, 0.25) is 0 Å². The number of nitrogens with one attached hydrogen (secondary N) is 2. The Labute approximate surface area is 172 Å². The molecule has 2 N–H and O–H groups in total. The lowest BCUT2D eigenvalue weighted by Gasteiger charge is -2.10. The summed E-state index contributed by atoms with van der Waals surface area (Å²) in [5.74, 6) is 0.274. The molecule has 1 heterocycles. The van der Waals surface area contributed by atoms with Crippen LogP contribution in [0, 0.1) is 0 Å². The molecule has 8 heteroatoms. The van der Waals surface area contributed by atoms with Crippen LogP contribution in [0.1, 0.15) is 0 Å². The number of anilines is 1. The van der Waals surface area contributed by atoms with Gasteiger partial charge in [0, 0.05) is 5.69 Å². The maximum atomic E-state index is 12.0. The highest BCUT2D eigenvalue weighted by Crippen LogP contribution is 2.17. The smallest absolute Gasteiger partial charge is 0.264 e. The lowest BCUT2D eigenvalue weighted by Crippen LogP contribution is -2.37. The van der Waals surface area contributed by atoms with E-state index in [-0.39, 0.29) is 17.6 Å². The van der Waals surface area contributed by atoms with Crippen molar-refractivity contribution in [3.05, 3.63) is 78.9 Å². The molecule has 1 amide bonds. The van der Waals surface area contributed by atoms with Crippen molar-refractivity contribution in [1.82, 2.24) is 20.3 Å². The van der Waals surface area contributed by atoms with Crippen molar-refractivity contribution in [2.45, 2.75) is 0 Å². The molecule has 0 aliphatic rings. The standard InChI is InChI=1S/C21H17N5O2S/c27-20(14-28-17-9-5-2-6-10-17)23-21(29)22-15-11-12-18-19(13-15)25-26(24-18)16-7-3-1-4-8-16/h1-13H,14H2,(H2,22,23,27,29). The average Bonchev–Trinajstić information content (AvgIpc) is 3.17. The summed E-state index contributed by atoms with van der Waals surface area (Å²) >= 11 is 5.21. The number of aromatic nitrogens is 3. The van der Waals surface area contributed by atoms with Gasteiger partial charge in [-0.2, -0.15) is 4.80 Å². The normalized spacial score (nSPS) is 10.5. The Morgan fingerprint density at radius 2 is 1.62 bits per heavy atom. The van der Waals surface area contributed by atoms with E-state index in [1.165, 1.54) is 0 Å². The molecule has 144 valence electrons. The maximum absolute atomic E-state index is 12.0. The second-order valence-electron chi connectivity index (χ2n) is 6.13. The predicted octanol–water partition coefficient (Wildman–Crippen LogP) is 3.31. The molecule has 4 rings (SSSR count). The van der Waals surface area contributed by atoms with Crippen molar-refractivity contribution < 1.29 is 9.53 Å². The maximum Gasteiger partial charge on any atom is 0.264 e. The number of amides is 1. The highest BCUT2D eigenvalue weighted by Gasteiger charge is 2.09. The highest BCUT2D eigenvalue weighted by atomic mass is 32.1. The van der Waals surface area contributed by atoms with Gasteiger partial charge in [-0.25, -0.2) is 0 Å². The Morgan fingerprint density at radius 1 is 0.931 bits per heavy atom. The number of para-hydroxylation sites is 2. The summed E-state index contributed by atoms with van der Waals surface area (Å²) in [6.07, 6.45) is 0. The van der Waals surface area contributed by atoms with Crippen LogP contribution in [-0.4, -0.2) is 32.6 Å². The SMILES string of the molecule is O=C(COc1ccccc1)NC(=S)Nc1ccc2nn(-c3ccccc3)nc2c1. The second kappa shape index (κ2) is 8.49. The summed E-state index contributed by atoms with van der Waals surface area (Å²) in [6.45, 7) is -0.129. The van der Waals surface area contributed by atoms with E-state index in [4.69, 9.17) is 17.0 Å². The molecule has 0 aliphatic carbocycles. The van der Waals surface area contributed by atoms with Crippen LogP contribution in [0.4, 0.5) is 5.69 Å². The zero-order valence-corrected chi connectivity index (χ0v) is 16.1. The Morgan fingerprint density at radius 3 is 2.38 bits per heavy atom. The van der Waals surface area contributed by atoms with E-state index in [9.17, 15) is 4.79 Å². The quantitative estimate of drug-likeness (QED) is 0.498. The summed E-state index contributed by atoms with van der Waals surface area (Å²) in [4.78, 5) is 13.6. The van der Waals surface area contributed by atoms with Gasteiger partial charge in [0.1, 0.15) is 16.8 Å². The Bertz CT molecular complexity index is 1150. The van der Waals surface area contributed by atoms with Crippen LogP contribution in [-0.2, 0) is 4.79 Å². The van der Waals surface area contributed by atoms with Crippen LogP contribution < -0.4 is 15.4 Å². The fraction of sp³-hybridized carbons (Fsp3) is 0.0476. The zero-order chi connectivity index (χ0) is 20.1. The number of thiocarbonyl (C=S) groups is 1. The number of rotatable bonds is 5. The van der Waals surface area contributed by atoms with Gasteiger partial charge in [0.15, 0.2) is 11.7 Å². The minimum absolute atomic E-state index is 0.129. The third-order valence-corrected chi connectivity index (χ3v) is 4.20. The minimum Gasteiger partial charge on any atom is -0.484 e. The summed E-state index contributed by atoms with van der Waals surface area (Å²) in [5.41, 5.74) is 3.04. The summed E-state index contributed by atoms with van der Waals surface area (Å²) in [6, 6.07) is 24.3. The third-order valence-electron chi connectivity index (χ3n) is 3.99. The molecule has 7 nitrogen and oxygen atoms in total. The van der Waals surface area contributed by atoms with E-state index < -0.39 is 0 Å². The van der Waals surface area contributed by atoms with Gasteiger partial charge in [-0.15, -0.1) is 10.2 Å². The van der Waals surface area contributed by atoms with Crippen molar-refractivity contribution >= 4 is 40.0 Å². The molecule has 0 radical (unpaired) electrons. The van der Waals surface area contributed by atoms with Crippen molar-refractivity contribution in [3.8, 4) is 11.4 Å². The molecule has 0 saturated heterocycles. The topological polar surface area (TPSA) is 81.1 Å². The van der Waals surface area contributed by atoms with Gasteiger partial charge in [0.25, 0.3) is 5.91 Å². The molecule has 1 aromatic heterocycles. The molecule has 0 unspecified atom stereocenters. The lowest BCUT2D eigenvalue weighted by atomic mass is 10.3. The molecule has 0 bridgehead atoms. The number of ether oxygens (including phenoxy) is 1. The monoisotopic (exact) mass is 403 g/mol. The van der Waals surface area contributed by atoms with Crippen LogP contribution in [0.2, 0.25) is 0 Å². The molecule has 0 saturated carbocycles. The first-order valence-electron chi connectivity index (χ1n) is 8.88. The predicted molar refractivity (Wildman–Crippen MR) is 115 cm³/mol. The van der Waals surface area contributed by atoms with E-state index in [1.54, 1.807) is 16.9 Å². The van der Waals surface area contributed by atoms with E-state index in [0.29, 0.717) is 17.0 Å². The highest BCUT2D eigenvalue weighted by molar-refractivity contribution is 7.80. The second-order valence-corrected chi connectivity index (χ2v) is 6.54. The van der Waals surface area contributed by atoms with Crippen molar-refractivity contribution in [2.24, 2.45) is 0 Å². The number of hydrogen-bond acceptors (Lipinski definition) is 5. The molecule has 3 aromatic carbocycles. The Kier molecular flexibility index (Phi) is 5.44. The molecule has 0 atom stereocenters. The fourth-order valence-electron chi connectivity index (χ4n) is 2.66. The first-order chi connectivity index (χ1) is 14.2. The van der Waals surface area contributed by atoms with E-state index in [1.807, 2.05) is 66.7 Å². The third kappa shape index (κ3) is 4.74. The van der Waals surface area contributed by atoms with Crippen molar-refractivity contribution in [1.29, 1.82) is 0 Å². The fourth-order valence-corrected chi connectivity index (χ4v) is 2.89. The molecular weight excluding hydrogens is 386 g/mol. The summed E-state index contributed by atoms with van der Waals surface area (Å²) in [7, 11) is 0. The van der Waals surface area contributed by atoms with Crippen molar-refractivity contribution in [3.63, 3.8) is 0 Å². The van der Waals surface area contributed by atoms with Crippen molar-refractivity contribution in [2.75, 3.05) is 11.9 Å². The molecular formula is C21H17N5O2S. The zero-order valence-electron chi connectivity index (χ0n) is 15.3. The van der Waals surface area contributed by atoms with Gasteiger partial charge in [-0.05, 0) is 54.7 Å². The molecule has 0 fully saturated rings. The first kappa shape index (κ1) is 18.6. The van der Waals surface area contributed by atoms with E-state index in [2.05, 4.69) is 20.8 Å². The number of carbonyl (C=O) groups is 1. The van der Waals surface area contributed by atoms with Crippen LogP contribution in [0.5, 0.6) is 5.75 Å². The Hall–Kier alpha value is -3.78. The van der Waals surface area contributed by atoms with Gasteiger partial charge in [0.05, 0.1) is 5.69 Å². The Balaban J connectivity index is 1.37. The number of fused-ring (bicyclic) bond motifs is 1. The minimum atomic E-state index is -0.345. The largest absolute Gasteiger partial charge is 0.484 e. The van der Waals surface area contributed by atoms with Crippen LogP contribution in [0.15, 0.2) is 78.9 Å². The molecule has 0 spiro atoms. The van der Waals surface area contributed by atoms with Gasteiger partial charge in [-0.3, -0.25) is 10.1 Å². The molecule has 0 aliphatic heterocycles. The number of hydrogen-bond donors (Lipinski definition) is 2. The van der Waals surface area contributed by atoms with E-state index >= 15 is 0 Å². The molecule has 4 aromatic rings. The van der Waals surface area contributed by atoms with Crippen LogP contribution in [0.3, 0.4) is 0 Å². The van der Waals surface area contributed by atoms with Crippen LogP contribution in [0.25, 0.3) is 16.7 Å². The van der Waals surface area contributed by atoms with Gasteiger partial charge in [-0.1, -0.05) is 36.4 Å². The molecule has 29 heavy (non-hydrogen) atoms. The average molecular weight is 403 g/mol. The number of carbonyl (C=O) groups excluding carboxylic acids is 1. The van der Waals surface area contributed by atoms with Crippen LogP contribution >= 0.6 is 12.2 Å². The summed E-state index contributed by atoms with van der Waals surface area (Å²) < 4.78 is 5.40. The first-order valence-corrected chi connectivity index (χ1v) is 9.29. The number of benzene rings is 3. The number of nitrogens with zero attached hydrogens (tertiary/aromatic N) is 3.